The first-order valence-corrected chi connectivity index (χ1v) is 6.98. The molecule has 4 nitrogen and oxygen atoms in total. The first-order valence-electron chi connectivity index (χ1n) is 6.18. The summed E-state index contributed by atoms with van der Waals surface area (Å²) in [6.45, 7) is 5.25. The maximum absolute atomic E-state index is 13.3. The molecule has 0 atom stereocenters. The van der Waals surface area contributed by atoms with Crippen LogP contribution in [0.15, 0.2) is 22.7 Å². The first kappa shape index (κ1) is 12.7. The summed E-state index contributed by atoms with van der Waals surface area (Å²) in [5, 5.41) is 8.26. The molecule has 0 fully saturated rings. The predicted octanol–water partition coefficient (Wildman–Crippen LogP) is 2.50. The molecule has 6 heteroatoms. The summed E-state index contributed by atoms with van der Waals surface area (Å²) in [6.07, 6.45) is 0. The fourth-order valence-electron chi connectivity index (χ4n) is 2.39. The van der Waals surface area contributed by atoms with Gasteiger partial charge in [-0.1, -0.05) is 15.9 Å². The molecule has 0 unspecified atom stereocenters. The molecule has 1 aromatic heterocycles. The van der Waals surface area contributed by atoms with E-state index < -0.39 is 0 Å². The van der Waals surface area contributed by atoms with E-state index >= 15 is 0 Å². The maximum Gasteiger partial charge on any atom is 0.147 e. The van der Waals surface area contributed by atoms with Crippen molar-refractivity contribution in [1.29, 1.82) is 0 Å². The summed E-state index contributed by atoms with van der Waals surface area (Å²) in [7, 11) is 0. The molecule has 1 aliphatic rings. The van der Waals surface area contributed by atoms with E-state index in [1.165, 1.54) is 6.07 Å². The van der Waals surface area contributed by atoms with E-state index in [4.69, 9.17) is 0 Å². The zero-order valence-electron chi connectivity index (χ0n) is 10.6. The predicted molar refractivity (Wildman–Crippen MR) is 73.0 cm³/mol. The van der Waals surface area contributed by atoms with Crippen molar-refractivity contribution in [3.63, 3.8) is 0 Å². The highest BCUT2D eigenvalue weighted by atomic mass is 79.9. The van der Waals surface area contributed by atoms with Crippen molar-refractivity contribution < 1.29 is 4.39 Å². The quantitative estimate of drug-likeness (QED) is 0.851. The third-order valence-electron chi connectivity index (χ3n) is 3.42. The van der Waals surface area contributed by atoms with Crippen molar-refractivity contribution in [2.45, 2.75) is 26.6 Å². The van der Waals surface area contributed by atoms with Gasteiger partial charge in [0.05, 0.1) is 6.54 Å². The van der Waals surface area contributed by atoms with Gasteiger partial charge in [0, 0.05) is 24.1 Å². The summed E-state index contributed by atoms with van der Waals surface area (Å²) >= 11 is 3.47. The molecule has 2 aromatic rings. The summed E-state index contributed by atoms with van der Waals surface area (Å²) < 4.78 is 16.4. The van der Waals surface area contributed by atoms with Crippen LogP contribution in [0.5, 0.6) is 0 Å². The highest BCUT2D eigenvalue weighted by molar-refractivity contribution is 9.10. The molecular weight excluding hydrogens is 311 g/mol. The van der Waals surface area contributed by atoms with Crippen LogP contribution in [0.3, 0.4) is 0 Å². The van der Waals surface area contributed by atoms with Gasteiger partial charge >= 0.3 is 0 Å². The van der Waals surface area contributed by atoms with Crippen molar-refractivity contribution in [1.82, 2.24) is 19.7 Å². The maximum atomic E-state index is 13.3. The number of aromatic nitrogens is 3. The Morgan fingerprint density at radius 2 is 2.16 bits per heavy atom. The third kappa shape index (κ3) is 2.55. The van der Waals surface area contributed by atoms with Crippen LogP contribution in [0.25, 0.3) is 0 Å². The van der Waals surface area contributed by atoms with Crippen LogP contribution in [0.1, 0.15) is 17.2 Å². The molecule has 2 heterocycles. The second-order valence-corrected chi connectivity index (χ2v) is 5.62. The van der Waals surface area contributed by atoms with Crippen molar-refractivity contribution in [3.8, 4) is 0 Å². The van der Waals surface area contributed by atoms with Gasteiger partial charge in [-0.05, 0) is 30.7 Å². The van der Waals surface area contributed by atoms with E-state index in [0.29, 0.717) is 6.54 Å². The second kappa shape index (κ2) is 5.02. The number of hydrogen-bond acceptors (Lipinski definition) is 3. The average molecular weight is 325 g/mol. The van der Waals surface area contributed by atoms with Crippen LogP contribution in [0.4, 0.5) is 4.39 Å². The molecule has 1 aromatic carbocycles. The fraction of sp³-hybridized carbons (Fsp3) is 0.385. The Morgan fingerprint density at radius 1 is 1.32 bits per heavy atom. The molecule has 0 saturated heterocycles. The Kier molecular flexibility index (Phi) is 3.36. The van der Waals surface area contributed by atoms with Crippen molar-refractivity contribution >= 4 is 15.9 Å². The van der Waals surface area contributed by atoms with Crippen molar-refractivity contribution in [3.05, 3.63) is 45.7 Å². The van der Waals surface area contributed by atoms with Gasteiger partial charge in [-0.15, -0.1) is 10.2 Å². The lowest BCUT2D eigenvalue weighted by atomic mass is 10.2. The summed E-state index contributed by atoms with van der Waals surface area (Å²) in [4.78, 5) is 2.25. The molecule has 0 aliphatic carbocycles. The van der Waals surface area contributed by atoms with Gasteiger partial charge in [0.25, 0.3) is 0 Å². The molecule has 19 heavy (non-hydrogen) atoms. The number of aryl methyl sites for hydroxylation is 1. The van der Waals surface area contributed by atoms with Crippen LogP contribution in [-0.4, -0.2) is 26.2 Å². The zero-order valence-corrected chi connectivity index (χ0v) is 12.2. The van der Waals surface area contributed by atoms with E-state index in [9.17, 15) is 4.39 Å². The van der Waals surface area contributed by atoms with E-state index in [0.717, 1.165) is 41.3 Å². The van der Waals surface area contributed by atoms with Crippen LogP contribution >= 0.6 is 15.9 Å². The molecule has 100 valence electrons. The minimum Gasteiger partial charge on any atom is -0.313 e. The SMILES string of the molecule is Cc1nnc2n1CCN(Cc1cc(F)ccc1Br)C2. The topological polar surface area (TPSA) is 34.0 Å². The standard InChI is InChI=1S/C13H14BrFN4/c1-9-16-17-13-8-18(4-5-19(9)13)7-10-6-11(15)2-3-12(10)14/h2-3,6H,4-5,7-8H2,1H3. The Balaban J connectivity index is 1.77. The van der Waals surface area contributed by atoms with Crippen LogP contribution in [0, 0.1) is 12.7 Å². The monoisotopic (exact) mass is 324 g/mol. The van der Waals surface area contributed by atoms with Gasteiger partial charge < -0.3 is 4.57 Å². The minimum atomic E-state index is -0.200. The molecule has 0 saturated carbocycles. The van der Waals surface area contributed by atoms with Gasteiger partial charge in [0.2, 0.25) is 0 Å². The Hall–Kier alpha value is -1.27. The number of nitrogens with zero attached hydrogens (tertiary/aromatic N) is 4. The van der Waals surface area contributed by atoms with Crippen LogP contribution in [0.2, 0.25) is 0 Å². The number of hydrogen-bond donors (Lipinski definition) is 0. The molecule has 0 amide bonds. The van der Waals surface area contributed by atoms with Crippen molar-refractivity contribution in [2.24, 2.45) is 0 Å². The molecule has 0 spiro atoms. The van der Waals surface area contributed by atoms with Gasteiger partial charge in [-0.2, -0.15) is 0 Å². The fourth-order valence-corrected chi connectivity index (χ4v) is 2.77. The lowest BCUT2D eigenvalue weighted by molar-refractivity contribution is 0.207. The minimum absolute atomic E-state index is 0.200. The second-order valence-electron chi connectivity index (χ2n) is 4.76. The lowest BCUT2D eigenvalue weighted by Gasteiger charge is -2.27. The van der Waals surface area contributed by atoms with Crippen molar-refractivity contribution in [2.75, 3.05) is 6.54 Å². The summed E-state index contributed by atoms with van der Waals surface area (Å²) in [5.74, 6) is 1.74. The van der Waals surface area contributed by atoms with Crippen LogP contribution < -0.4 is 0 Å². The third-order valence-corrected chi connectivity index (χ3v) is 4.19. The number of fused-ring (bicyclic) bond motifs is 1. The highest BCUT2D eigenvalue weighted by Gasteiger charge is 2.20. The Bertz CT molecular complexity index is 611. The highest BCUT2D eigenvalue weighted by Crippen LogP contribution is 2.21. The largest absolute Gasteiger partial charge is 0.313 e. The molecule has 0 bridgehead atoms. The van der Waals surface area contributed by atoms with E-state index in [1.807, 2.05) is 6.92 Å². The Morgan fingerprint density at radius 3 is 3.00 bits per heavy atom. The number of benzene rings is 1. The number of halogens is 2. The van der Waals surface area contributed by atoms with E-state index in [1.54, 1.807) is 12.1 Å². The summed E-state index contributed by atoms with van der Waals surface area (Å²) in [6, 6.07) is 4.79. The molecular formula is C13H14BrFN4. The van der Waals surface area contributed by atoms with E-state index in [-0.39, 0.29) is 5.82 Å². The van der Waals surface area contributed by atoms with Gasteiger partial charge in [0.1, 0.15) is 17.5 Å². The molecule has 0 radical (unpaired) electrons. The first-order chi connectivity index (χ1) is 9.13. The zero-order chi connectivity index (χ0) is 13.4. The Labute approximate surface area is 119 Å². The summed E-state index contributed by atoms with van der Waals surface area (Å²) in [5.41, 5.74) is 0.963. The lowest BCUT2D eigenvalue weighted by Crippen LogP contribution is -2.33. The average Bonchev–Trinajstić information content (AvgIpc) is 2.75. The van der Waals surface area contributed by atoms with Gasteiger partial charge in [-0.3, -0.25) is 4.90 Å². The van der Waals surface area contributed by atoms with Gasteiger partial charge in [-0.25, -0.2) is 4.39 Å². The van der Waals surface area contributed by atoms with Crippen LogP contribution in [-0.2, 0) is 19.6 Å². The van der Waals surface area contributed by atoms with Gasteiger partial charge in [0.15, 0.2) is 0 Å². The molecule has 1 aliphatic heterocycles. The van der Waals surface area contributed by atoms with E-state index in [2.05, 4.69) is 35.6 Å². The molecule has 0 N–H and O–H groups in total. The smallest absolute Gasteiger partial charge is 0.147 e. The normalized spacial score (nSPS) is 15.5. The number of rotatable bonds is 2. The molecule has 3 rings (SSSR count).